The van der Waals surface area contributed by atoms with Gasteiger partial charge in [-0.3, -0.25) is 9.59 Å². The lowest BCUT2D eigenvalue weighted by Crippen LogP contribution is -2.54. The van der Waals surface area contributed by atoms with Gasteiger partial charge < -0.3 is 9.80 Å². The zero-order valence-electron chi connectivity index (χ0n) is 15.0. The monoisotopic (exact) mass is 422 g/mol. The minimum absolute atomic E-state index is 0.0209. The van der Waals surface area contributed by atoms with Crippen LogP contribution >= 0.6 is 22.9 Å². The van der Waals surface area contributed by atoms with Crippen LogP contribution in [0.25, 0.3) is 0 Å². The van der Waals surface area contributed by atoms with E-state index in [0.29, 0.717) is 37.6 Å². The second kappa shape index (κ2) is 8.16. The first-order chi connectivity index (χ1) is 13.5. The summed E-state index contributed by atoms with van der Waals surface area (Å²) in [5.41, 5.74) is 6.24. The Hall–Kier alpha value is -2.00. The first kappa shape index (κ1) is 19.3. The number of nitrogens with one attached hydrogen (secondary N) is 2. The molecule has 0 aliphatic carbocycles. The molecule has 6 nitrogen and oxygen atoms in total. The molecule has 0 bridgehead atoms. The van der Waals surface area contributed by atoms with Crippen LogP contribution in [0, 0.1) is 5.82 Å². The Morgan fingerprint density at radius 3 is 2.57 bits per heavy atom. The number of nitrogens with zero attached hydrogens (tertiary/aromatic N) is 2. The molecule has 2 aliphatic rings. The molecule has 0 saturated carbocycles. The molecule has 1 aromatic carbocycles. The molecule has 2 atom stereocenters. The molecule has 4 rings (SSSR count). The summed E-state index contributed by atoms with van der Waals surface area (Å²) in [4.78, 5) is 29.9. The maximum Gasteiger partial charge on any atom is 0.257 e. The van der Waals surface area contributed by atoms with Crippen LogP contribution in [0.2, 0.25) is 5.02 Å². The van der Waals surface area contributed by atoms with E-state index in [2.05, 4.69) is 16.9 Å². The predicted molar refractivity (Wildman–Crippen MR) is 106 cm³/mol. The average Bonchev–Trinajstić information content (AvgIpc) is 3.40. The largest absolute Gasteiger partial charge is 0.338 e. The van der Waals surface area contributed by atoms with Crippen LogP contribution < -0.4 is 10.9 Å². The number of hydrazine groups is 1. The summed E-state index contributed by atoms with van der Waals surface area (Å²) < 4.78 is 14.0. The third-order valence-electron chi connectivity index (χ3n) is 5.13. The smallest absolute Gasteiger partial charge is 0.257 e. The Bertz CT molecular complexity index is 871. The molecule has 2 saturated heterocycles. The van der Waals surface area contributed by atoms with Gasteiger partial charge in [0.2, 0.25) is 5.91 Å². The van der Waals surface area contributed by atoms with Gasteiger partial charge in [0.15, 0.2) is 0 Å². The molecule has 2 fully saturated rings. The zero-order valence-corrected chi connectivity index (χ0v) is 16.6. The molecule has 148 valence electrons. The van der Waals surface area contributed by atoms with Gasteiger partial charge in [-0.1, -0.05) is 17.7 Å². The molecular formula is C19H20ClFN4O2S. The summed E-state index contributed by atoms with van der Waals surface area (Å²) in [6.45, 7) is 1.58. The lowest BCUT2D eigenvalue weighted by Gasteiger charge is -2.36. The minimum atomic E-state index is -0.589. The van der Waals surface area contributed by atoms with E-state index in [1.165, 1.54) is 23.1 Å². The van der Waals surface area contributed by atoms with Crippen molar-refractivity contribution in [3.8, 4) is 0 Å². The SMILES string of the molecule is O=C(c1cc(Cl)ccc1F)N1CCN(C(=O)C2CC(c3cccs3)NN2)CC1. The topological polar surface area (TPSA) is 64.7 Å². The molecule has 28 heavy (non-hydrogen) atoms. The third kappa shape index (κ3) is 3.91. The van der Waals surface area contributed by atoms with Crippen molar-refractivity contribution in [1.29, 1.82) is 0 Å². The highest BCUT2D eigenvalue weighted by atomic mass is 35.5. The number of amides is 2. The van der Waals surface area contributed by atoms with Crippen molar-refractivity contribution in [3.05, 3.63) is 57.0 Å². The van der Waals surface area contributed by atoms with Gasteiger partial charge in [0, 0.05) is 36.1 Å². The van der Waals surface area contributed by atoms with Crippen LogP contribution in [0.15, 0.2) is 35.7 Å². The molecule has 2 N–H and O–H groups in total. The van der Waals surface area contributed by atoms with Crippen LogP contribution in [0.1, 0.15) is 27.7 Å². The summed E-state index contributed by atoms with van der Waals surface area (Å²) in [5, 5.41) is 2.34. The number of thiophene rings is 1. The van der Waals surface area contributed by atoms with Crippen LogP contribution in [0.5, 0.6) is 0 Å². The summed E-state index contributed by atoms with van der Waals surface area (Å²) in [5.74, 6) is -0.966. The second-order valence-corrected chi connectivity index (χ2v) is 8.30. The Balaban J connectivity index is 1.33. The maximum absolute atomic E-state index is 14.0. The maximum atomic E-state index is 14.0. The molecule has 0 spiro atoms. The molecule has 3 heterocycles. The highest BCUT2D eigenvalue weighted by Gasteiger charge is 2.35. The molecule has 9 heteroatoms. The van der Waals surface area contributed by atoms with E-state index in [1.807, 2.05) is 11.4 Å². The van der Waals surface area contributed by atoms with Crippen molar-refractivity contribution in [2.45, 2.75) is 18.5 Å². The van der Waals surface area contributed by atoms with Gasteiger partial charge in [-0.25, -0.2) is 15.2 Å². The third-order valence-corrected chi connectivity index (χ3v) is 6.35. The van der Waals surface area contributed by atoms with Gasteiger partial charge in [-0.15, -0.1) is 11.3 Å². The fraction of sp³-hybridized carbons (Fsp3) is 0.368. The number of hydrogen-bond acceptors (Lipinski definition) is 5. The number of halogens is 2. The minimum Gasteiger partial charge on any atom is -0.338 e. The Morgan fingerprint density at radius 1 is 1.11 bits per heavy atom. The van der Waals surface area contributed by atoms with Gasteiger partial charge >= 0.3 is 0 Å². The fourth-order valence-corrected chi connectivity index (χ4v) is 4.54. The highest BCUT2D eigenvalue weighted by molar-refractivity contribution is 7.10. The first-order valence-corrected chi connectivity index (χ1v) is 10.4. The molecule has 2 aliphatic heterocycles. The second-order valence-electron chi connectivity index (χ2n) is 6.89. The Labute approximate surface area is 171 Å². The Morgan fingerprint density at radius 2 is 1.86 bits per heavy atom. The van der Waals surface area contributed by atoms with Crippen LogP contribution in [-0.4, -0.2) is 53.8 Å². The van der Waals surface area contributed by atoms with E-state index in [1.54, 1.807) is 21.1 Å². The first-order valence-electron chi connectivity index (χ1n) is 9.10. The van der Waals surface area contributed by atoms with Crippen molar-refractivity contribution >= 4 is 34.8 Å². The number of benzene rings is 1. The van der Waals surface area contributed by atoms with E-state index in [9.17, 15) is 14.0 Å². The number of carbonyl (C=O) groups is 2. The van der Waals surface area contributed by atoms with Gasteiger partial charge in [0.05, 0.1) is 11.6 Å². The normalized spacial score (nSPS) is 22.5. The van der Waals surface area contributed by atoms with E-state index in [0.717, 1.165) is 0 Å². The van der Waals surface area contributed by atoms with Crippen molar-refractivity contribution in [1.82, 2.24) is 20.7 Å². The van der Waals surface area contributed by atoms with Crippen molar-refractivity contribution in [2.24, 2.45) is 0 Å². The summed E-state index contributed by atoms with van der Waals surface area (Å²) in [6.07, 6.45) is 0.687. The van der Waals surface area contributed by atoms with Gasteiger partial charge in [-0.2, -0.15) is 0 Å². The van der Waals surface area contributed by atoms with E-state index < -0.39 is 11.7 Å². The average molecular weight is 423 g/mol. The van der Waals surface area contributed by atoms with E-state index >= 15 is 0 Å². The quantitative estimate of drug-likeness (QED) is 0.797. The summed E-state index contributed by atoms with van der Waals surface area (Å²) >= 11 is 7.54. The fourth-order valence-electron chi connectivity index (χ4n) is 3.58. The molecule has 2 unspecified atom stereocenters. The number of piperazine rings is 1. The summed E-state index contributed by atoms with van der Waals surface area (Å²) in [6, 6.07) is 7.83. The predicted octanol–water partition coefficient (Wildman–Crippen LogP) is 2.43. The van der Waals surface area contributed by atoms with Crippen molar-refractivity contribution in [2.75, 3.05) is 26.2 Å². The number of carbonyl (C=O) groups excluding carboxylic acids is 2. The molecule has 0 radical (unpaired) electrons. The lowest BCUT2D eigenvalue weighted by atomic mass is 10.1. The molecule has 1 aromatic heterocycles. The van der Waals surface area contributed by atoms with Gasteiger partial charge in [-0.05, 0) is 36.1 Å². The standard InChI is InChI=1S/C19H20ClFN4O2S/c20-12-3-4-14(21)13(10-12)18(26)24-5-7-25(8-6-24)19(27)16-11-15(22-23-16)17-2-1-9-28-17/h1-4,9-10,15-16,22-23H,5-8,11H2. The van der Waals surface area contributed by atoms with Crippen LogP contribution in [0.4, 0.5) is 4.39 Å². The summed E-state index contributed by atoms with van der Waals surface area (Å²) in [7, 11) is 0. The lowest BCUT2D eigenvalue weighted by molar-refractivity contribution is -0.134. The van der Waals surface area contributed by atoms with Crippen LogP contribution in [0.3, 0.4) is 0 Å². The number of hydrogen-bond donors (Lipinski definition) is 2. The van der Waals surface area contributed by atoms with Crippen molar-refractivity contribution in [3.63, 3.8) is 0 Å². The van der Waals surface area contributed by atoms with Gasteiger partial charge in [0.25, 0.3) is 5.91 Å². The Kier molecular flexibility index (Phi) is 5.63. The van der Waals surface area contributed by atoms with Crippen LogP contribution in [-0.2, 0) is 4.79 Å². The molecular weight excluding hydrogens is 403 g/mol. The zero-order chi connectivity index (χ0) is 19.7. The van der Waals surface area contributed by atoms with E-state index in [4.69, 9.17) is 11.6 Å². The van der Waals surface area contributed by atoms with E-state index in [-0.39, 0.29) is 23.6 Å². The highest BCUT2D eigenvalue weighted by Crippen LogP contribution is 2.27. The number of rotatable bonds is 3. The molecule has 2 aromatic rings. The van der Waals surface area contributed by atoms with Crippen molar-refractivity contribution < 1.29 is 14.0 Å². The van der Waals surface area contributed by atoms with Gasteiger partial charge in [0.1, 0.15) is 11.9 Å². The molecule has 2 amide bonds.